The number of imidazole rings is 1. The maximum atomic E-state index is 13.6. The van der Waals surface area contributed by atoms with Crippen molar-refractivity contribution in [3.8, 4) is 0 Å². The molecule has 0 spiro atoms. The molecule has 108 valence electrons. The van der Waals surface area contributed by atoms with E-state index in [4.69, 9.17) is 0 Å². The van der Waals surface area contributed by atoms with E-state index in [0.29, 0.717) is 17.7 Å². The molecule has 0 bridgehead atoms. The van der Waals surface area contributed by atoms with Crippen molar-refractivity contribution < 1.29 is 4.39 Å². The summed E-state index contributed by atoms with van der Waals surface area (Å²) in [5, 5.41) is 3.33. The molecule has 0 aliphatic heterocycles. The number of hydrogen-bond acceptors (Lipinski definition) is 2. The molecule has 2 aromatic rings. The van der Waals surface area contributed by atoms with Crippen LogP contribution in [0.1, 0.15) is 36.5 Å². The Bertz CT molecular complexity index is 552. The van der Waals surface area contributed by atoms with Gasteiger partial charge in [-0.2, -0.15) is 0 Å². The third kappa shape index (κ3) is 3.38. The van der Waals surface area contributed by atoms with Crippen molar-refractivity contribution in [3.05, 3.63) is 47.0 Å². The first-order chi connectivity index (χ1) is 9.61. The number of halogens is 1. The fraction of sp³-hybridized carbons (Fsp3) is 0.438. The van der Waals surface area contributed by atoms with E-state index in [-0.39, 0.29) is 5.82 Å². The summed E-state index contributed by atoms with van der Waals surface area (Å²) in [5.74, 6) is 0.763. The van der Waals surface area contributed by atoms with Crippen molar-refractivity contribution in [3.63, 3.8) is 0 Å². The van der Waals surface area contributed by atoms with Gasteiger partial charge in [0, 0.05) is 18.9 Å². The van der Waals surface area contributed by atoms with E-state index in [1.165, 1.54) is 0 Å². The molecule has 0 unspecified atom stereocenters. The van der Waals surface area contributed by atoms with Gasteiger partial charge in [-0.15, -0.1) is 0 Å². The number of hydrogen-bond donors (Lipinski definition) is 1. The van der Waals surface area contributed by atoms with E-state index in [1.807, 2.05) is 18.3 Å². The van der Waals surface area contributed by atoms with Gasteiger partial charge in [0.15, 0.2) is 0 Å². The zero-order chi connectivity index (χ0) is 14.5. The topological polar surface area (TPSA) is 29.9 Å². The maximum Gasteiger partial charge on any atom is 0.203 e. The van der Waals surface area contributed by atoms with Crippen LogP contribution in [0.15, 0.2) is 24.5 Å². The molecule has 4 heteroatoms. The van der Waals surface area contributed by atoms with E-state index in [0.717, 1.165) is 30.9 Å². The van der Waals surface area contributed by atoms with Crippen molar-refractivity contribution in [2.24, 2.45) is 0 Å². The van der Waals surface area contributed by atoms with Crippen LogP contribution in [-0.4, -0.2) is 16.1 Å². The van der Waals surface area contributed by atoms with Crippen LogP contribution in [0.4, 0.5) is 10.3 Å². The largest absolute Gasteiger partial charge is 0.356 e. The monoisotopic (exact) mass is 275 g/mol. The number of rotatable bonds is 6. The van der Waals surface area contributed by atoms with Crippen LogP contribution in [0.2, 0.25) is 0 Å². The molecule has 2 rings (SSSR count). The van der Waals surface area contributed by atoms with Crippen LogP contribution in [-0.2, 0) is 6.54 Å². The number of unbranched alkanes of at least 4 members (excludes halogenated alkanes) is 1. The lowest BCUT2D eigenvalue weighted by Crippen LogP contribution is -2.09. The molecule has 0 saturated heterocycles. The van der Waals surface area contributed by atoms with Crippen molar-refractivity contribution in [1.29, 1.82) is 0 Å². The highest BCUT2D eigenvalue weighted by Crippen LogP contribution is 2.17. The van der Waals surface area contributed by atoms with Crippen LogP contribution in [0.25, 0.3) is 0 Å². The summed E-state index contributed by atoms with van der Waals surface area (Å²) in [7, 11) is 0. The van der Waals surface area contributed by atoms with Gasteiger partial charge in [0.25, 0.3) is 0 Å². The molecule has 3 nitrogen and oxygen atoms in total. The van der Waals surface area contributed by atoms with Crippen LogP contribution in [0.3, 0.4) is 0 Å². The Balaban J connectivity index is 2.12. The second kappa shape index (κ2) is 6.55. The predicted molar refractivity (Wildman–Crippen MR) is 80.6 cm³/mol. The Morgan fingerprint density at radius 3 is 2.60 bits per heavy atom. The zero-order valence-corrected chi connectivity index (χ0v) is 12.4. The Kier molecular flexibility index (Phi) is 4.77. The number of nitrogens with one attached hydrogen (secondary N) is 1. The molecule has 0 aliphatic carbocycles. The molecule has 0 atom stereocenters. The summed E-state index contributed by atoms with van der Waals surface area (Å²) < 4.78 is 15.7. The van der Waals surface area contributed by atoms with Gasteiger partial charge in [-0.1, -0.05) is 25.5 Å². The van der Waals surface area contributed by atoms with Crippen LogP contribution in [0.5, 0.6) is 0 Å². The molecule has 0 fully saturated rings. The minimum Gasteiger partial charge on any atom is -0.356 e. The van der Waals surface area contributed by atoms with Crippen molar-refractivity contribution in [2.75, 3.05) is 11.9 Å². The van der Waals surface area contributed by atoms with E-state index in [9.17, 15) is 4.39 Å². The molecule has 1 aromatic carbocycles. The third-order valence-electron chi connectivity index (χ3n) is 3.38. The smallest absolute Gasteiger partial charge is 0.203 e. The maximum absolute atomic E-state index is 13.6. The highest BCUT2D eigenvalue weighted by Gasteiger charge is 2.07. The van der Waals surface area contributed by atoms with Crippen LogP contribution < -0.4 is 5.32 Å². The lowest BCUT2D eigenvalue weighted by Gasteiger charge is -2.11. The Morgan fingerprint density at radius 2 is 1.95 bits per heavy atom. The Labute approximate surface area is 119 Å². The van der Waals surface area contributed by atoms with Crippen LogP contribution in [0, 0.1) is 19.7 Å². The summed E-state index contributed by atoms with van der Waals surface area (Å²) in [6.07, 6.45) is 6.02. The fourth-order valence-electron chi connectivity index (χ4n) is 2.30. The molecule has 0 amide bonds. The normalized spacial score (nSPS) is 10.8. The lowest BCUT2D eigenvalue weighted by molar-refractivity contribution is 0.607. The summed E-state index contributed by atoms with van der Waals surface area (Å²) in [4.78, 5) is 4.32. The van der Waals surface area contributed by atoms with Crippen LogP contribution >= 0.6 is 0 Å². The number of anilines is 1. The van der Waals surface area contributed by atoms with Gasteiger partial charge in [0.05, 0.1) is 6.54 Å². The second-order valence-corrected chi connectivity index (χ2v) is 5.20. The van der Waals surface area contributed by atoms with Crippen molar-refractivity contribution in [2.45, 2.75) is 40.2 Å². The second-order valence-electron chi connectivity index (χ2n) is 5.20. The summed E-state index contributed by atoms with van der Waals surface area (Å²) in [6, 6.07) is 3.80. The Morgan fingerprint density at radius 1 is 1.25 bits per heavy atom. The molecular weight excluding hydrogens is 253 g/mol. The third-order valence-corrected chi connectivity index (χ3v) is 3.38. The molecule has 1 heterocycles. The molecule has 1 aromatic heterocycles. The fourth-order valence-corrected chi connectivity index (χ4v) is 2.30. The van der Waals surface area contributed by atoms with Crippen molar-refractivity contribution in [1.82, 2.24) is 9.55 Å². The number of aromatic nitrogens is 2. The summed E-state index contributed by atoms with van der Waals surface area (Å²) >= 11 is 0. The SMILES string of the molecule is CCCCNc1nccn1Cc1cc(C)c(F)c(C)c1. The molecule has 0 saturated carbocycles. The molecule has 0 radical (unpaired) electrons. The minimum absolute atomic E-state index is 0.110. The van der Waals surface area contributed by atoms with E-state index in [1.54, 1.807) is 20.0 Å². The van der Waals surface area contributed by atoms with Gasteiger partial charge < -0.3 is 9.88 Å². The predicted octanol–water partition coefficient (Wildman–Crippen LogP) is 3.90. The van der Waals surface area contributed by atoms with E-state index < -0.39 is 0 Å². The van der Waals surface area contributed by atoms with Gasteiger partial charge in [-0.3, -0.25) is 0 Å². The molecule has 20 heavy (non-hydrogen) atoms. The van der Waals surface area contributed by atoms with Crippen molar-refractivity contribution >= 4 is 5.95 Å². The van der Waals surface area contributed by atoms with Gasteiger partial charge in [-0.25, -0.2) is 9.37 Å². The summed E-state index contributed by atoms with van der Waals surface area (Å²) in [5.41, 5.74) is 2.49. The molecule has 1 N–H and O–H groups in total. The number of nitrogens with zero attached hydrogens (tertiary/aromatic N) is 2. The molecule has 0 aliphatic rings. The lowest BCUT2D eigenvalue weighted by atomic mass is 10.1. The highest BCUT2D eigenvalue weighted by molar-refractivity contribution is 5.33. The number of aryl methyl sites for hydroxylation is 2. The Hall–Kier alpha value is -1.84. The first kappa shape index (κ1) is 14.6. The average Bonchev–Trinajstić information content (AvgIpc) is 2.84. The summed E-state index contributed by atoms with van der Waals surface area (Å²) in [6.45, 7) is 7.41. The van der Waals surface area contributed by atoms with Gasteiger partial charge in [0.2, 0.25) is 5.95 Å². The number of benzene rings is 1. The standard InChI is InChI=1S/C16H22FN3/c1-4-5-6-18-16-19-7-8-20(16)11-14-9-12(2)15(17)13(3)10-14/h7-10H,4-6,11H2,1-3H3,(H,18,19). The van der Waals surface area contributed by atoms with E-state index >= 15 is 0 Å². The average molecular weight is 275 g/mol. The van der Waals surface area contributed by atoms with E-state index in [2.05, 4.69) is 21.8 Å². The first-order valence-corrected chi connectivity index (χ1v) is 7.12. The quantitative estimate of drug-likeness (QED) is 0.810. The molecular formula is C16H22FN3. The highest BCUT2D eigenvalue weighted by atomic mass is 19.1. The van der Waals surface area contributed by atoms with Gasteiger partial charge in [0.1, 0.15) is 5.82 Å². The van der Waals surface area contributed by atoms with Gasteiger partial charge >= 0.3 is 0 Å². The van der Waals surface area contributed by atoms with Gasteiger partial charge in [-0.05, 0) is 37.0 Å². The minimum atomic E-state index is -0.110. The first-order valence-electron chi connectivity index (χ1n) is 7.12. The zero-order valence-electron chi connectivity index (χ0n) is 12.4.